The zero-order chi connectivity index (χ0) is 26.0. The van der Waals surface area contributed by atoms with Crippen LogP contribution in [-0.2, 0) is 5.41 Å². The molecular formula is C36H29NO. The Labute approximate surface area is 223 Å². The van der Waals surface area contributed by atoms with Gasteiger partial charge in [0.25, 0.3) is 0 Å². The second kappa shape index (κ2) is 8.29. The Bertz CT molecular complexity index is 1840. The van der Waals surface area contributed by atoms with E-state index in [0.717, 1.165) is 27.7 Å². The van der Waals surface area contributed by atoms with E-state index in [1.807, 2.05) is 12.4 Å². The van der Waals surface area contributed by atoms with Gasteiger partial charge >= 0.3 is 0 Å². The molecule has 0 spiro atoms. The molecule has 0 amide bonds. The summed E-state index contributed by atoms with van der Waals surface area (Å²) in [5.41, 5.74) is 10.3. The number of aromatic nitrogens is 1. The van der Waals surface area contributed by atoms with E-state index in [2.05, 4.69) is 124 Å². The highest BCUT2D eigenvalue weighted by Gasteiger charge is 2.35. The summed E-state index contributed by atoms with van der Waals surface area (Å²) in [5.74, 6) is 1.72. The van der Waals surface area contributed by atoms with Gasteiger partial charge in [0.05, 0.1) is 0 Å². The predicted molar refractivity (Wildman–Crippen MR) is 158 cm³/mol. The molecule has 6 aromatic rings. The average Bonchev–Trinajstić information content (AvgIpc) is 3.17. The monoisotopic (exact) mass is 491 g/mol. The lowest BCUT2D eigenvalue weighted by Gasteiger charge is -2.23. The summed E-state index contributed by atoms with van der Waals surface area (Å²) in [6, 6.07) is 32.7. The summed E-state index contributed by atoms with van der Waals surface area (Å²) in [6.07, 6.45) is 3.84. The predicted octanol–water partition coefficient (Wildman–Crippen LogP) is 9.77. The number of hydrogen-bond acceptors (Lipinski definition) is 2. The fourth-order valence-electron chi connectivity index (χ4n) is 6.16. The first-order valence-electron chi connectivity index (χ1n) is 13.2. The van der Waals surface area contributed by atoms with E-state index >= 15 is 0 Å². The molecule has 0 N–H and O–H groups in total. The highest BCUT2D eigenvalue weighted by Crippen LogP contribution is 2.51. The van der Waals surface area contributed by atoms with Gasteiger partial charge < -0.3 is 4.74 Å². The number of aryl methyl sites for hydroxylation is 2. The van der Waals surface area contributed by atoms with Crippen molar-refractivity contribution in [2.45, 2.75) is 33.1 Å². The van der Waals surface area contributed by atoms with Crippen molar-refractivity contribution in [1.29, 1.82) is 0 Å². The number of rotatable bonds is 3. The third-order valence-corrected chi connectivity index (χ3v) is 8.35. The van der Waals surface area contributed by atoms with Crippen LogP contribution in [0.4, 0.5) is 0 Å². The lowest BCUT2D eigenvalue weighted by molar-refractivity contribution is 0.493. The fraction of sp³-hybridized carbons (Fsp3) is 0.139. The van der Waals surface area contributed by atoms with E-state index < -0.39 is 0 Å². The number of ether oxygens (including phenoxy) is 1. The summed E-state index contributed by atoms with van der Waals surface area (Å²) < 4.78 is 6.65. The van der Waals surface area contributed by atoms with Crippen LogP contribution in [-0.4, -0.2) is 4.98 Å². The van der Waals surface area contributed by atoms with Gasteiger partial charge in [0.2, 0.25) is 0 Å². The molecule has 0 aliphatic heterocycles. The topological polar surface area (TPSA) is 22.1 Å². The van der Waals surface area contributed by atoms with E-state index in [-0.39, 0.29) is 5.41 Å². The lowest BCUT2D eigenvalue weighted by Crippen LogP contribution is -2.14. The summed E-state index contributed by atoms with van der Waals surface area (Å²) >= 11 is 0. The Morgan fingerprint density at radius 1 is 0.632 bits per heavy atom. The molecular weight excluding hydrogens is 462 g/mol. The number of benzene rings is 5. The van der Waals surface area contributed by atoms with E-state index in [9.17, 15) is 0 Å². The Morgan fingerprint density at radius 2 is 1.37 bits per heavy atom. The fourth-order valence-corrected chi connectivity index (χ4v) is 6.16. The van der Waals surface area contributed by atoms with Gasteiger partial charge in [-0.2, -0.15) is 0 Å². The highest BCUT2D eigenvalue weighted by molar-refractivity contribution is 6.17. The summed E-state index contributed by atoms with van der Waals surface area (Å²) in [7, 11) is 0. The largest absolute Gasteiger partial charge is 0.456 e. The van der Waals surface area contributed by atoms with Crippen LogP contribution in [0.1, 0.15) is 36.1 Å². The zero-order valence-electron chi connectivity index (χ0n) is 22.2. The first-order valence-corrected chi connectivity index (χ1v) is 13.2. The second-order valence-electron chi connectivity index (χ2n) is 11.0. The maximum atomic E-state index is 6.65. The standard InChI is InChI=1S/C36H29NO/c1-22-13-15-25(19-23(22)2)38-35-29-11-6-5-10-28(29)34(31-21-37-18-17-30(31)35)24-14-16-27-26-9-7-8-12-32(26)36(3,4)33(27)20-24/h5-21H,1-4H3. The van der Waals surface area contributed by atoms with Crippen molar-refractivity contribution in [3.63, 3.8) is 0 Å². The van der Waals surface area contributed by atoms with Crippen molar-refractivity contribution in [2.24, 2.45) is 0 Å². The van der Waals surface area contributed by atoms with Crippen LogP contribution < -0.4 is 4.74 Å². The molecule has 2 heteroatoms. The van der Waals surface area contributed by atoms with E-state index in [1.165, 1.54) is 49.9 Å². The normalized spacial score (nSPS) is 13.5. The quantitative estimate of drug-likeness (QED) is 0.230. The second-order valence-corrected chi connectivity index (χ2v) is 11.0. The molecule has 1 aliphatic rings. The molecule has 0 radical (unpaired) electrons. The molecule has 1 aliphatic carbocycles. The molecule has 0 unspecified atom stereocenters. The molecule has 0 bridgehead atoms. The smallest absolute Gasteiger partial charge is 0.143 e. The van der Waals surface area contributed by atoms with Crippen LogP contribution in [0.15, 0.2) is 103 Å². The number of pyridine rings is 1. The van der Waals surface area contributed by atoms with Crippen molar-refractivity contribution in [2.75, 3.05) is 0 Å². The summed E-state index contributed by atoms with van der Waals surface area (Å²) in [5, 5.41) is 4.43. The van der Waals surface area contributed by atoms with Crippen LogP contribution in [0.5, 0.6) is 11.5 Å². The maximum absolute atomic E-state index is 6.65. The Balaban J connectivity index is 1.49. The van der Waals surface area contributed by atoms with Crippen LogP contribution in [0.25, 0.3) is 43.8 Å². The molecule has 1 aromatic heterocycles. The van der Waals surface area contributed by atoms with Crippen molar-refractivity contribution >= 4 is 21.5 Å². The van der Waals surface area contributed by atoms with Crippen LogP contribution in [0, 0.1) is 13.8 Å². The minimum absolute atomic E-state index is 0.0574. The minimum atomic E-state index is -0.0574. The molecule has 2 nitrogen and oxygen atoms in total. The van der Waals surface area contributed by atoms with Crippen molar-refractivity contribution in [1.82, 2.24) is 4.98 Å². The van der Waals surface area contributed by atoms with Gasteiger partial charge in [0, 0.05) is 34.0 Å². The van der Waals surface area contributed by atoms with Gasteiger partial charge in [0.1, 0.15) is 11.5 Å². The van der Waals surface area contributed by atoms with E-state index in [1.54, 1.807) is 0 Å². The number of nitrogens with zero attached hydrogens (tertiary/aromatic N) is 1. The lowest BCUT2D eigenvalue weighted by atomic mass is 9.81. The van der Waals surface area contributed by atoms with Crippen molar-refractivity contribution in [3.8, 4) is 33.8 Å². The van der Waals surface area contributed by atoms with Gasteiger partial charge in [-0.05, 0) is 88.0 Å². The van der Waals surface area contributed by atoms with Gasteiger partial charge in [-0.25, -0.2) is 0 Å². The molecule has 0 saturated heterocycles. The Morgan fingerprint density at radius 3 is 2.21 bits per heavy atom. The van der Waals surface area contributed by atoms with Crippen molar-refractivity contribution in [3.05, 3.63) is 126 Å². The molecule has 5 aromatic carbocycles. The van der Waals surface area contributed by atoms with Gasteiger partial charge in [-0.1, -0.05) is 80.6 Å². The molecule has 38 heavy (non-hydrogen) atoms. The maximum Gasteiger partial charge on any atom is 0.143 e. The zero-order valence-corrected chi connectivity index (χ0v) is 22.2. The average molecular weight is 492 g/mol. The molecule has 0 atom stereocenters. The molecule has 0 saturated carbocycles. The molecule has 184 valence electrons. The summed E-state index contributed by atoms with van der Waals surface area (Å²) in [6.45, 7) is 8.92. The van der Waals surface area contributed by atoms with Gasteiger partial charge in [-0.3, -0.25) is 4.98 Å². The van der Waals surface area contributed by atoms with Crippen LogP contribution in [0.2, 0.25) is 0 Å². The van der Waals surface area contributed by atoms with Crippen LogP contribution in [0.3, 0.4) is 0 Å². The van der Waals surface area contributed by atoms with Crippen molar-refractivity contribution < 1.29 is 4.74 Å². The summed E-state index contributed by atoms with van der Waals surface area (Å²) in [4.78, 5) is 4.56. The first kappa shape index (κ1) is 22.7. The third kappa shape index (κ3) is 3.30. The Hall–Kier alpha value is -4.43. The molecule has 1 heterocycles. The number of hydrogen-bond donors (Lipinski definition) is 0. The molecule has 7 rings (SSSR count). The third-order valence-electron chi connectivity index (χ3n) is 8.35. The molecule has 0 fully saturated rings. The Kier molecular flexibility index (Phi) is 4.96. The van der Waals surface area contributed by atoms with Gasteiger partial charge in [0.15, 0.2) is 0 Å². The van der Waals surface area contributed by atoms with Gasteiger partial charge in [-0.15, -0.1) is 0 Å². The highest BCUT2D eigenvalue weighted by atomic mass is 16.5. The number of fused-ring (bicyclic) bond motifs is 5. The SMILES string of the molecule is Cc1ccc(Oc2c3ccccc3c(-c3ccc4c(c3)C(C)(C)c3ccccc3-4)c3cnccc23)cc1C. The van der Waals surface area contributed by atoms with E-state index in [4.69, 9.17) is 4.74 Å². The first-order chi connectivity index (χ1) is 18.4. The van der Waals surface area contributed by atoms with Crippen LogP contribution >= 0.6 is 0 Å². The van der Waals surface area contributed by atoms with E-state index in [0.29, 0.717) is 0 Å². The minimum Gasteiger partial charge on any atom is -0.456 e.